The number of carbonyl (C=O) groups is 1. The number of ether oxygens (including phenoxy) is 1. The molecule has 0 heterocycles. The SMILES string of the molecule is COC(=O)c1cc(N)cc(C=CCN)c1. The average molecular weight is 206 g/mol. The van der Waals surface area contributed by atoms with Crippen LogP contribution in [-0.4, -0.2) is 19.6 Å². The molecule has 0 atom stereocenters. The zero-order chi connectivity index (χ0) is 11.3. The van der Waals surface area contributed by atoms with Gasteiger partial charge in [-0.15, -0.1) is 0 Å². The summed E-state index contributed by atoms with van der Waals surface area (Å²) in [5.74, 6) is -0.398. The summed E-state index contributed by atoms with van der Waals surface area (Å²) in [6.07, 6.45) is 3.60. The summed E-state index contributed by atoms with van der Waals surface area (Å²) < 4.78 is 4.61. The van der Waals surface area contributed by atoms with Gasteiger partial charge in [0.05, 0.1) is 12.7 Å². The van der Waals surface area contributed by atoms with E-state index in [1.165, 1.54) is 7.11 Å². The number of hydrogen-bond acceptors (Lipinski definition) is 4. The first kappa shape index (κ1) is 11.3. The molecule has 0 unspecified atom stereocenters. The minimum atomic E-state index is -0.398. The van der Waals surface area contributed by atoms with Crippen LogP contribution in [0.4, 0.5) is 5.69 Å². The van der Waals surface area contributed by atoms with Crippen LogP contribution in [0.1, 0.15) is 15.9 Å². The molecule has 1 aromatic rings. The highest BCUT2D eigenvalue weighted by Gasteiger charge is 2.06. The van der Waals surface area contributed by atoms with Gasteiger partial charge in [0.15, 0.2) is 0 Å². The van der Waals surface area contributed by atoms with Crippen molar-refractivity contribution in [1.29, 1.82) is 0 Å². The van der Waals surface area contributed by atoms with Crippen LogP contribution in [0.5, 0.6) is 0 Å². The van der Waals surface area contributed by atoms with E-state index < -0.39 is 5.97 Å². The fourth-order valence-corrected chi connectivity index (χ4v) is 1.21. The maximum atomic E-state index is 11.3. The topological polar surface area (TPSA) is 78.3 Å². The predicted octanol–water partition coefficient (Wildman–Crippen LogP) is 1.03. The van der Waals surface area contributed by atoms with Crippen LogP contribution in [0.25, 0.3) is 6.08 Å². The molecular formula is C11H14N2O2. The molecule has 1 rings (SSSR count). The molecule has 15 heavy (non-hydrogen) atoms. The van der Waals surface area contributed by atoms with Crippen molar-refractivity contribution >= 4 is 17.7 Å². The second-order valence-electron chi connectivity index (χ2n) is 3.02. The van der Waals surface area contributed by atoms with Crippen molar-refractivity contribution in [2.45, 2.75) is 0 Å². The van der Waals surface area contributed by atoms with Crippen LogP contribution >= 0.6 is 0 Å². The number of benzene rings is 1. The molecule has 0 amide bonds. The summed E-state index contributed by atoms with van der Waals surface area (Å²) in [6.45, 7) is 0.447. The molecule has 0 spiro atoms. The van der Waals surface area contributed by atoms with Crippen LogP contribution in [0.15, 0.2) is 24.3 Å². The molecular weight excluding hydrogens is 192 g/mol. The predicted molar refractivity (Wildman–Crippen MR) is 60.3 cm³/mol. The van der Waals surface area contributed by atoms with E-state index in [-0.39, 0.29) is 0 Å². The summed E-state index contributed by atoms with van der Waals surface area (Å²) in [4.78, 5) is 11.3. The minimum absolute atomic E-state index is 0.398. The molecule has 0 radical (unpaired) electrons. The van der Waals surface area contributed by atoms with Crippen LogP contribution in [0, 0.1) is 0 Å². The highest BCUT2D eigenvalue weighted by Crippen LogP contribution is 2.14. The number of methoxy groups -OCH3 is 1. The Morgan fingerprint density at radius 1 is 1.47 bits per heavy atom. The van der Waals surface area contributed by atoms with E-state index in [0.717, 1.165) is 5.56 Å². The van der Waals surface area contributed by atoms with Crippen molar-refractivity contribution in [2.75, 3.05) is 19.4 Å². The number of carbonyl (C=O) groups excluding carboxylic acids is 1. The Kier molecular flexibility index (Phi) is 3.88. The maximum absolute atomic E-state index is 11.3. The molecule has 0 aliphatic rings. The van der Waals surface area contributed by atoms with Gasteiger partial charge in [-0.2, -0.15) is 0 Å². The molecule has 0 bridgehead atoms. The van der Waals surface area contributed by atoms with E-state index in [0.29, 0.717) is 17.8 Å². The first-order valence-corrected chi connectivity index (χ1v) is 4.53. The highest BCUT2D eigenvalue weighted by atomic mass is 16.5. The molecule has 0 aromatic heterocycles. The van der Waals surface area contributed by atoms with E-state index in [1.54, 1.807) is 24.3 Å². The fraction of sp³-hybridized carbons (Fsp3) is 0.182. The van der Waals surface area contributed by atoms with Gasteiger partial charge in [0.1, 0.15) is 0 Å². The van der Waals surface area contributed by atoms with Gasteiger partial charge in [0, 0.05) is 12.2 Å². The van der Waals surface area contributed by atoms with E-state index in [4.69, 9.17) is 11.5 Å². The van der Waals surface area contributed by atoms with Crippen molar-refractivity contribution < 1.29 is 9.53 Å². The van der Waals surface area contributed by atoms with Crippen LogP contribution in [0.2, 0.25) is 0 Å². The van der Waals surface area contributed by atoms with Crippen molar-refractivity contribution in [3.63, 3.8) is 0 Å². The lowest BCUT2D eigenvalue weighted by molar-refractivity contribution is 0.0601. The number of anilines is 1. The molecule has 4 heteroatoms. The smallest absolute Gasteiger partial charge is 0.337 e. The van der Waals surface area contributed by atoms with Crippen molar-refractivity contribution in [1.82, 2.24) is 0 Å². The molecule has 0 fully saturated rings. The van der Waals surface area contributed by atoms with Crippen LogP contribution in [-0.2, 0) is 4.74 Å². The standard InChI is InChI=1S/C11H14N2O2/c1-15-11(14)9-5-8(3-2-4-12)6-10(13)7-9/h2-3,5-7H,4,12-13H2,1H3. The Morgan fingerprint density at radius 3 is 2.80 bits per heavy atom. The number of rotatable bonds is 3. The molecule has 0 saturated carbocycles. The Morgan fingerprint density at radius 2 is 2.20 bits per heavy atom. The Balaban J connectivity index is 3.05. The minimum Gasteiger partial charge on any atom is -0.465 e. The largest absolute Gasteiger partial charge is 0.465 e. The zero-order valence-corrected chi connectivity index (χ0v) is 8.57. The lowest BCUT2D eigenvalue weighted by atomic mass is 10.1. The maximum Gasteiger partial charge on any atom is 0.337 e. The van der Waals surface area contributed by atoms with Crippen LogP contribution in [0.3, 0.4) is 0 Å². The molecule has 0 saturated heterocycles. The molecule has 4 N–H and O–H groups in total. The first-order valence-electron chi connectivity index (χ1n) is 4.53. The van der Waals surface area contributed by atoms with Crippen LogP contribution < -0.4 is 11.5 Å². The van der Waals surface area contributed by atoms with Gasteiger partial charge in [-0.1, -0.05) is 12.2 Å². The van der Waals surface area contributed by atoms with E-state index >= 15 is 0 Å². The Bertz CT molecular complexity index is 386. The average Bonchev–Trinajstić information content (AvgIpc) is 2.24. The first-order chi connectivity index (χ1) is 7.17. The van der Waals surface area contributed by atoms with Crippen molar-refractivity contribution in [3.05, 3.63) is 35.4 Å². The second kappa shape index (κ2) is 5.17. The van der Waals surface area contributed by atoms with E-state index in [1.807, 2.05) is 6.08 Å². The summed E-state index contributed by atoms with van der Waals surface area (Å²) in [6, 6.07) is 5.04. The lowest BCUT2D eigenvalue weighted by Gasteiger charge is -2.02. The number of esters is 1. The lowest BCUT2D eigenvalue weighted by Crippen LogP contribution is -2.02. The Labute approximate surface area is 88.5 Å². The van der Waals surface area contributed by atoms with Gasteiger partial charge in [0.25, 0.3) is 0 Å². The quantitative estimate of drug-likeness (QED) is 0.572. The van der Waals surface area contributed by atoms with Gasteiger partial charge in [0.2, 0.25) is 0 Å². The van der Waals surface area contributed by atoms with Gasteiger partial charge in [-0.05, 0) is 23.8 Å². The van der Waals surface area contributed by atoms with Gasteiger partial charge < -0.3 is 16.2 Å². The number of nitrogen functional groups attached to an aromatic ring is 1. The highest BCUT2D eigenvalue weighted by molar-refractivity contribution is 5.91. The van der Waals surface area contributed by atoms with Gasteiger partial charge in [-0.3, -0.25) is 0 Å². The van der Waals surface area contributed by atoms with Crippen molar-refractivity contribution in [3.8, 4) is 0 Å². The van der Waals surface area contributed by atoms with Gasteiger partial charge >= 0.3 is 5.97 Å². The number of hydrogen-bond donors (Lipinski definition) is 2. The van der Waals surface area contributed by atoms with Gasteiger partial charge in [-0.25, -0.2) is 4.79 Å². The molecule has 80 valence electrons. The summed E-state index contributed by atoms with van der Waals surface area (Å²) >= 11 is 0. The van der Waals surface area contributed by atoms with E-state index in [2.05, 4.69) is 4.74 Å². The van der Waals surface area contributed by atoms with E-state index in [9.17, 15) is 4.79 Å². The third-order valence-electron chi connectivity index (χ3n) is 1.85. The molecule has 0 aliphatic carbocycles. The second-order valence-corrected chi connectivity index (χ2v) is 3.02. The Hall–Kier alpha value is -1.81. The molecule has 1 aromatic carbocycles. The normalized spacial score (nSPS) is 10.5. The third-order valence-corrected chi connectivity index (χ3v) is 1.85. The fourth-order valence-electron chi connectivity index (χ4n) is 1.21. The molecule has 0 aliphatic heterocycles. The zero-order valence-electron chi connectivity index (χ0n) is 8.57. The summed E-state index contributed by atoms with van der Waals surface area (Å²) in [7, 11) is 1.33. The summed E-state index contributed by atoms with van der Waals surface area (Å²) in [5, 5.41) is 0. The monoisotopic (exact) mass is 206 g/mol. The summed E-state index contributed by atoms with van der Waals surface area (Å²) in [5.41, 5.74) is 12.8. The third kappa shape index (κ3) is 3.11. The van der Waals surface area contributed by atoms with Crippen molar-refractivity contribution in [2.24, 2.45) is 5.73 Å². The number of nitrogens with two attached hydrogens (primary N) is 2. The molecule has 4 nitrogen and oxygen atoms in total.